The highest BCUT2D eigenvalue weighted by atomic mass is 16.5. The lowest BCUT2D eigenvalue weighted by Crippen LogP contribution is -2.48. The van der Waals surface area contributed by atoms with Gasteiger partial charge in [0.05, 0.1) is 14.2 Å². The summed E-state index contributed by atoms with van der Waals surface area (Å²) in [5, 5.41) is 12.8. The maximum Gasteiger partial charge on any atom is 0.173 e. The first-order valence-corrected chi connectivity index (χ1v) is 10.6. The van der Waals surface area contributed by atoms with Crippen LogP contribution in [0.4, 0.5) is 0 Å². The Morgan fingerprint density at radius 1 is 1.13 bits per heavy atom. The van der Waals surface area contributed by atoms with Crippen LogP contribution < -0.4 is 9.47 Å². The molecule has 1 atom stereocenters. The van der Waals surface area contributed by atoms with E-state index in [2.05, 4.69) is 45.8 Å². The van der Waals surface area contributed by atoms with Crippen LogP contribution in [0.15, 0.2) is 30.9 Å². The van der Waals surface area contributed by atoms with Crippen molar-refractivity contribution in [2.24, 2.45) is 5.92 Å². The quantitative estimate of drug-likeness (QED) is 0.554. The lowest BCUT2D eigenvalue weighted by Gasteiger charge is -2.39. The zero-order valence-corrected chi connectivity index (χ0v) is 18.6. The molecule has 0 amide bonds. The number of aromatic nitrogens is 4. The van der Waals surface area contributed by atoms with E-state index >= 15 is 0 Å². The van der Waals surface area contributed by atoms with E-state index in [-0.39, 0.29) is 6.04 Å². The molecule has 8 heteroatoms. The Kier molecular flexibility index (Phi) is 7.81. The standard InChI is InChI=1S/C22H34N6O2/c1-6-10-26-12-14-27(15-13-26)21(19-16-18(29-4)7-8-20(19)30-5)22-23-24-25-28(22)11-9-17(2)3/h6-8,16-17,21H,1,9-15H2,2-5H3/t21-/m0/s1. The molecule has 1 aliphatic heterocycles. The zero-order valence-electron chi connectivity index (χ0n) is 18.6. The van der Waals surface area contributed by atoms with Gasteiger partial charge in [-0.15, -0.1) is 11.7 Å². The molecule has 164 valence electrons. The molecular formula is C22H34N6O2. The molecule has 1 fully saturated rings. The van der Waals surface area contributed by atoms with Crippen molar-refractivity contribution in [1.29, 1.82) is 0 Å². The van der Waals surface area contributed by atoms with Crippen LogP contribution in [0.1, 0.15) is 37.7 Å². The SMILES string of the molecule is C=CCN1CCN([C@@H](c2cc(OC)ccc2OC)c2nnnn2CCC(C)C)CC1. The fourth-order valence-corrected chi connectivity index (χ4v) is 3.89. The maximum absolute atomic E-state index is 5.73. The minimum atomic E-state index is -0.108. The number of benzene rings is 1. The van der Waals surface area contributed by atoms with Crippen molar-refractivity contribution in [3.63, 3.8) is 0 Å². The Morgan fingerprint density at radius 3 is 2.53 bits per heavy atom. The van der Waals surface area contributed by atoms with Gasteiger partial charge in [0.15, 0.2) is 5.82 Å². The highest BCUT2D eigenvalue weighted by Crippen LogP contribution is 2.36. The van der Waals surface area contributed by atoms with E-state index in [0.29, 0.717) is 5.92 Å². The van der Waals surface area contributed by atoms with Crippen molar-refractivity contribution >= 4 is 0 Å². The van der Waals surface area contributed by atoms with Crippen molar-refractivity contribution in [3.8, 4) is 11.5 Å². The second-order valence-electron chi connectivity index (χ2n) is 8.08. The second kappa shape index (κ2) is 10.5. The van der Waals surface area contributed by atoms with Gasteiger partial charge in [0, 0.05) is 44.8 Å². The number of hydrogen-bond donors (Lipinski definition) is 0. The fourth-order valence-electron chi connectivity index (χ4n) is 3.89. The van der Waals surface area contributed by atoms with Crippen molar-refractivity contribution in [1.82, 2.24) is 30.0 Å². The first-order valence-electron chi connectivity index (χ1n) is 10.6. The summed E-state index contributed by atoms with van der Waals surface area (Å²) in [6.45, 7) is 13.8. The Bertz CT molecular complexity index is 814. The summed E-state index contributed by atoms with van der Waals surface area (Å²) in [4.78, 5) is 4.85. The molecule has 0 saturated carbocycles. The first kappa shape index (κ1) is 22.2. The zero-order chi connectivity index (χ0) is 21.5. The highest BCUT2D eigenvalue weighted by molar-refractivity contribution is 5.44. The van der Waals surface area contributed by atoms with E-state index in [1.165, 1.54) is 0 Å². The maximum atomic E-state index is 5.73. The molecule has 2 aromatic rings. The summed E-state index contributed by atoms with van der Waals surface area (Å²) in [7, 11) is 3.38. The monoisotopic (exact) mass is 414 g/mol. The number of ether oxygens (including phenoxy) is 2. The van der Waals surface area contributed by atoms with Gasteiger partial charge >= 0.3 is 0 Å². The molecule has 0 N–H and O–H groups in total. The Balaban J connectivity index is 1.99. The Labute approximate surface area is 179 Å². The van der Waals surface area contributed by atoms with Crippen LogP contribution in [-0.4, -0.2) is 77.0 Å². The molecule has 1 saturated heterocycles. The number of rotatable bonds is 10. The predicted molar refractivity (Wildman–Crippen MR) is 117 cm³/mol. The highest BCUT2D eigenvalue weighted by Gasteiger charge is 2.32. The van der Waals surface area contributed by atoms with Crippen LogP contribution in [0.25, 0.3) is 0 Å². The summed E-state index contributed by atoms with van der Waals surface area (Å²) >= 11 is 0. The smallest absolute Gasteiger partial charge is 0.173 e. The second-order valence-corrected chi connectivity index (χ2v) is 8.08. The number of nitrogens with zero attached hydrogens (tertiary/aromatic N) is 6. The van der Waals surface area contributed by atoms with Gasteiger partial charge in [0.25, 0.3) is 0 Å². The van der Waals surface area contributed by atoms with Gasteiger partial charge in [-0.3, -0.25) is 9.80 Å². The van der Waals surface area contributed by atoms with E-state index in [0.717, 1.165) is 68.6 Å². The minimum Gasteiger partial charge on any atom is -0.497 e. The van der Waals surface area contributed by atoms with E-state index in [4.69, 9.17) is 9.47 Å². The molecule has 0 bridgehead atoms. The van der Waals surface area contributed by atoms with E-state index in [1.807, 2.05) is 29.0 Å². The molecule has 1 aromatic heterocycles. The van der Waals surface area contributed by atoms with Crippen molar-refractivity contribution in [2.75, 3.05) is 46.9 Å². The molecule has 8 nitrogen and oxygen atoms in total. The summed E-state index contributed by atoms with van der Waals surface area (Å²) in [5.74, 6) is 3.03. The lowest BCUT2D eigenvalue weighted by atomic mass is 10.0. The van der Waals surface area contributed by atoms with Crippen LogP contribution in [0.5, 0.6) is 11.5 Å². The molecule has 1 aliphatic rings. The largest absolute Gasteiger partial charge is 0.497 e. The number of hydrogen-bond acceptors (Lipinski definition) is 7. The molecule has 30 heavy (non-hydrogen) atoms. The summed E-state index contributed by atoms with van der Waals surface area (Å²) in [6.07, 6.45) is 2.98. The molecule has 0 aliphatic carbocycles. The summed E-state index contributed by atoms with van der Waals surface area (Å²) < 4.78 is 13.2. The van der Waals surface area contributed by atoms with E-state index < -0.39 is 0 Å². The third kappa shape index (κ3) is 5.17. The van der Waals surface area contributed by atoms with Crippen LogP contribution in [-0.2, 0) is 6.54 Å². The minimum absolute atomic E-state index is 0.108. The lowest BCUT2D eigenvalue weighted by molar-refractivity contribution is 0.111. The van der Waals surface area contributed by atoms with Crippen molar-refractivity contribution < 1.29 is 9.47 Å². The molecule has 0 radical (unpaired) electrons. The molecular weight excluding hydrogens is 380 g/mol. The normalized spacial score (nSPS) is 16.6. The third-order valence-corrected chi connectivity index (χ3v) is 5.61. The molecule has 1 aromatic carbocycles. The fraction of sp³-hybridized carbons (Fsp3) is 0.591. The topological polar surface area (TPSA) is 68.5 Å². The predicted octanol–water partition coefficient (Wildman–Crippen LogP) is 2.63. The van der Waals surface area contributed by atoms with Gasteiger partial charge < -0.3 is 9.47 Å². The molecule has 0 unspecified atom stereocenters. The Morgan fingerprint density at radius 2 is 1.90 bits per heavy atom. The van der Waals surface area contributed by atoms with Crippen LogP contribution in [0.3, 0.4) is 0 Å². The van der Waals surface area contributed by atoms with E-state index in [9.17, 15) is 0 Å². The van der Waals surface area contributed by atoms with Crippen molar-refractivity contribution in [3.05, 3.63) is 42.2 Å². The molecule has 0 spiro atoms. The average Bonchev–Trinajstić information content (AvgIpc) is 3.22. The van der Waals surface area contributed by atoms with Gasteiger partial charge in [-0.25, -0.2) is 4.68 Å². The number of tetrazole rings is 1. The van der Waals surface area contributed by atoms with Gasteiger partial charge in [-0.2, -0.15) is 0 Å². The van der Waals surface area contributed by atoms with Gasteiger partial charge in [-0.1, -0.05) is 19.9 Å². The number of methoxy groups -OCH3 is 2. The number of aryl methyl sites for hydroxylation is 1. The Hall–Kier alpha value is -2.45. The van der Waals surface area contributed by atoms with Gasteiger partial charge in [0.2, 0.25) is 0 Å². The first-order chi connectivity index (χ1) is 14.6. The molecule has 3 rings (SSSR count). The van der Waals surface area contributed by atoms with Gasteiger partial charge in [0.1, 0.15) is 17.5 Å². The van der Waals surface area contributed by atoms with Crippen LogP contribution in [0, 0.1) is 5.92 Å². The van der Waals surface area contributed by atoms with Crippen molar-refractivity contribution in [2.45, 2.75) is 32.9 Å². The average molecular weight is 415 g/mol. The summed E-state index contributed by atoms with van der Waals surface area (Å²) in [5.41, 5.74) is 1.02. The van der Waals surface area contributed by atoms with Crippen LogP contribution >= 0.6 is 0 Å². The summed E-state index contributed by atoms with van der Waals surface area (Å²) in [6, 6.07) is 5.81. The van der Waals surface area contributed by atoms with Crippen LogP contribution in [0.2, 0.25) is 0 Å². The van der Waals surface area contributed by atoms with E-state index in [1.54, 1.807) is 14.2 Å². The molecule has 2 heterocycles. The van der Waals surface area contributed by atoms with Gasteiger partial charge in [-0.05, 0) is 41.0 Å². The number of piperazine rings is 1. The third-order valence-electron chi connectivity index (χ3n) is 5.61.